The lowest BCUT2D eigenvalue weighted by Crippen LogP contribution is -2.45. The van der Waals surface area contributed by atoms with Crippen molar-refractivity contribution in [3.8, 4) is 11.5 Å². The normalized spacial score (nSPS) is 18.2. The van der Waals surface area contributed by atoms with Gasteiger partial charge in [-0.25, -0.2) is 4.79 Å². The molecule has 0 unspecified atom stereocenters. The zero-order valence-corrected chi connectivity index (χ0v) is 16.4. The van der Waals surface area contributed by atoms with E-state index in [2.05, 4.69) is 5.32 Å². The van der Waals surface area contributed by atoms with Gasteiger partial charge in [0.25, 0.3) is 5.91 Å². The van der Waals surface area contributed by atoms with E-state index in [0.717, 1.165) is 0 Å². The van der Waals surface area contributed by atoms with Crippen molar-refractivity contribution in [2.24, 2.45) is 0 Å². The number of rotatable bonds is 5. The van der Waals surface area contributed by atoms with E-state index in [-0.39, 0.29) is 0 Å². The largest absolute Gasteiger partial charge is 0.482 e. The monoisotopic (exact) mass is 403 g/mol. The average molecular weight is 403 g/mol. The first kappa shape index (κ1) is 19.5. The molecule has 0 radical (unpaired) electrons. The van der Waals surface area contributed by atoms with Crippen molar-refractivity contribution < 1.29 is 23.8 Å². The second-order valence-electron chi connectivity index (χ2n) is 6.89. The highest BCUT2D eigenvalue weighted by Gasteiger charge is 2.38. The van der Waals surface area contributed by atoms with Crippen molar-refractivity contribution in [3.05, 3.63) is 90.5 Å². The molecule has 30 heavy (non-hydrogen) atoms. The summed E-state index contributed by atoms with van der Waals surface area (Å²) in [7, 11) is 0. The first-order valence-corrected chi connectivity index (χ1v) is 9.65. The van der Waals surface area contributed by atoms with Crippen LogP contribution in [-0.4, -0.2) is 24.1 Å². The van der Waals surface area contributed by atoms with Crippen molar-refractivity contribution in [2.45, 2.75) is 25.2 Å². The van der Waals surface area contributed by atoms with E-state index in [1.54, 1.807) is 61.5 Å². The lowest BCUT2D eigenvalue weighted by molar-refractivity contribution is -0.166. The standard InChI is InChI=1S/C24H21NO5/c1-16-21(29-20-15-9-8-14-19(20)28-16)24(27)30-22(17-10-4-2-5-11-17)23(26)25-18-12-6-3-7-13-18/h2-16,21-22H,1H3,(H,25,26)/t16-,21-,22+/m0/s1. The SMILES string of the molecule is C[C@@H]1Oc2ccccc2O[C@@H]1C(=O)O[C@@H](C(=O)Nc1ccccc1)c1ccccc1. The Labute approximate surface area is 174 Å². The second-order valence-corrected chi connectivity index (χ2v) is 6.89. The summed E-state index contributed by atoms with van der Waals surface area (Å²) in [6.07, 6.45) is -2.69. The van der Waals surface area contributed by atoms with Crippen LogP contribution in [0, 0.1) is 0 Å². The predicted molar refractivity (Wildman–Crippen MR) is 111 cm³/mol. The van der Waals surface area contributed by atoms with E-state index in [1.807, 2.05) is 30.3 Å². The van der Waals surface area contributed by atoms with E-state index < -0.39 is 30.2 Å². The van der Waals surface area contributed by atoms with Crippen LogP contribution in [0.3, 0.4) is 0 Å². The van der Waals surface area contributed by atoms with Crippen LogP contribution in [0.2, 0.25) is 0 Å². The Bertz CT molecular complexity index is 1020. The smallest absolute Gasteiger partial charge is 0.352 e. The summed E-state index contributed by atoms with van der Waals surface area (Å²) in [4.78, 5) is 25.9. The van der Waals surface area contributed by atoms with Gasteiger partial charge in [-0.3, -0.25) is 4.79 Å². The van der Waals surface area contributed by atoms with Crippen LogP contribution < -0.4 is 14.8 Å². The number of para-hydroxylation sites is 3. The number of nitrogens with one attached hydrogen (secondary N) is 1. The van der Waals surface area contributed by atoms with Crippen molar-refractivity contribution in [1.29, 1.82) is 0 Å². The van der Waals surface area contributed by atoms with Gasteiger partial charge in [-0.05, 0) is 31.2 Å². The number of esters is 1. The van der Waals surface area contributed by atoms with Crippen molar-refractivity contribution in [1.82, 2.24) is 0 Å². The van der Waals surface area contributed by atoms with Gasteiger partial charge in [0.05, 0.1) is 0 Å². The average Bonchev–Trinajstić information content (AvgIpc) is 2.78. The summed E-state index contributed by atoms with van der Waals surface area (Å²) < 4.78 is 17.2. The molecular weight excluding hydrogens is 382 g/mol. The third-order valence-electron chi connectivity index (χ3n) is 4.69. The van der Waals surface area contributed by atoms with Gasteiger partial charge in [0.15, 0.2) is 11.5 Å². The molecule has 0 fully saturated rings. The third kappa shape index (κ3) is 4.27. The fourth-order valence-corrected chi connectivity index (χ4v) is 3.19. The molecule has 1 N–H and O–H groups in total. The maximum atomic E-state index is 13.0. The second kappa shape index (κ2) is 8.69. The maximum absolute atomic E-state index is 13.0. The number of ether oxygens (including phenoxy) is 3. The van der Waals surface area contributed by atoms with Gasteiger partial charge in [-0.15, -0.1) is 0 Å². The van der Waals surface area contributed by atoms with Gasteiger partial charge < -0.3 is 19.5 Å². The molecule has 1 heterocycles. The zero-order valence-electron chi connectivity index (χ0n) is 16.4. The Hall–Kier alpha value is -3.80. The molecule has 6 heteroatoms. The first-order valence-electron chi connectivity index (χ1n) is 9.65. The van der Waals surface area contributed by atoms with E-state index in [1.165, 1.54) is 0 Å². The van der Waals surface area contributed by atoms with Crippen molar-refractivity contribution >= 4 is 17.6 Å². The Morgan fingerprint density at radius 2 is 1.40 bits per heavy atom. The van der Waals surface area contributed by atoms with Crippen LogP contribution in [0.1, 0.15) is 18.6 Å². The molecule has 0 aromatic heterocycles. The van der Waals surface area contributed by atoms with Crippen LogP contribution in [-0.2, 0) is 14.3 Å². The summed E-state index contributed by atoms with van der Waals surface area (Å²) >= 11 is 0. The molecule has 6 nitrogen and oxygen atoms in total. The maximum Gasteiger partial charge on any atom is 0.352 e. The van der Waals surface area contributed by atoms with Crippen molar-refractivity contribution in [2.75, 3.05) is 5.32 Å². The molecule has 3 aromatic carbocycles. The van der Waals surface area contributed by atoms with E-state index in [9.17, 15) is 9.59 Å². The molecule has 0 saturated heterocycles. The number of hydrogen-bond acceptors (Lipinski definition) is 5. The molecule has 1 amide bonds. The van der Waals surface area contributed by atoms with Crippen LogP contribution in [0.15, 0.2) is 84.9 Å². The molecule has 4 rings (SSSR count). The summed E-state index contributed by atoms with van der Waals surface area (Å²) in [5.41, 5.74) is 1.17. The van der Waals surface area contributed by atoms with Gasteiger partial charge in [-0.2, -0.15) is 0 Å². The molecule has 0 bridgehead atoms. The van der Waals surface area contributed by atoms with Crippen LogP contribution in [0.25, 0.3) is 0 Å². The number of hydrogen-bond donors (Lipinski definition) is 1. The minimum Gasteiger partial charge on any atom is -0.482 e. The molecule has 3 atom stereocenters. The minimum absolute atomic E-state index is 0.453. The Kier molecular flexibility index (Phi) is 5.66. The highest BCUT2D eigenvalue weighted by atomic mass is 16.6. The van der Waals surface area contributed by atoms with Gasteiger partial charge in [0.2, 0.25) is 12.2 Å². The van der Waals surface area contributed by atoms with E-state index in [0.29, 0.717) is 22.7 Å². The predicted octanol–water partition coefficient (Wildman–Crippen LogP) is 4.14. The summed E-state index contributed by atoms with van der Waals surface area (Å²) in [5, 5.41) is 2.79. The number of carbonyl (C=O) groups excluding carboxylic acids is 2. The minimum atomic E-state index is -1.13. The molecule has 0 aliphatic carbocycles. The van der Waals surface area contributed by atoms with Crippen molar-refractivity contribution in [3.63, 3.8) is 0 Å². The van der Waals surface area contributed by atoms with Gasteiger partial charge in [0, 0.05) is 11.3 Å². The molecule has 1 aliphatic rings. The summed E-state index contributed by atoms with van der Waals surface area (Å²) in [6.45, 7) is 1.73. The number of fused-ring (bicyclic) bond motifs is 1. The fourth-order valence-electron chi connectivity index (χ4n) is 3.19. The molecule has 3 aromatic rings. The quantitative estimate of drug-likeness (QED) is 0.648. The van der Waals surface area contributed by atoms with Gasteiger partial charge in [-0.1, -0.05) is 60.7 Å². The van der Waals surface area contributed by atoms with E-state index >= 15 is 0 Å². The molecule has 1 aliphatic heterocycles. The highest BCUT2D eigenvalue weighted by molar-refractivity contribution is 5.96. The first-order chi connectivity index (χ1) is 14.6. The topological polar surface area (TPSA) is 73.9 Å². The summed E-state index contributed by atoms with van der Waals surface area (Å²) in [5.74, 6) is -0.0994. The lowest BCUT2D eigenvalue weighted by atomic mass is 10.1. The van der Waals surface area contributed by atoms with Crippen LogP contribution in [0.5, 0.6) is 11.5 Å². The fraction of sp³-hybridized carbons (Fsp3) is 0.167. The van der Waals surface area contributed by atoms with Gasteiger partial charge in [0.1, 0.15) is 6.10 Å². The number of carbonyl (C=O) groups is 2. The van der Waals surface area contributed by atoms with Crippen LogP contribution >= 0.6 is 0 Å². The molecule has 152 valence electrons. The lowest BCUT2D eigenvalue weighted by Gasteiger charge is -2.31. The molecular formula is C24H21NO5. The number of amides is 1. The molecule has 0 spiro atoms. The van der Waals surface area contributed by atoms with Gasteiger partial charge >= 0.3 is 5.97 Å². The van der Waals surface area contributed by atoms with Crippen LogP contribution in [0.4, 0.5) is 5.69 Å². The summed E-state index contributed by atoms with van der Waals surface area (Å²) in [6, 6.07) is 25.0. The highest BCUT2D eigenvalue weighted by Crippen LogP contribution is 2.34. The zero-order chi connectivity index (χ0) is 20.9. The number of benzene rings is 3. The number of anilines is 1. The Balaban J connectivity index is 1.54. The third-order valence-corrected chi connectivity index (χ3v) is 4.69. The molecule has 0 saturated carbocycles. The Morgan fingerprint density at radius 3 is 2.07 bits per heavy atom. The Morgan fingerprint density at radius 1 is 0.833 bits per heavy atom. The van der Waals surface area contributed by atoms with E-state index in [4.69, 9.17) is 14.2 Å².